The third-order valence-electron chi connectivity index (χ3n) is 4.22. The number of Topliss-reactive ketones (excluding diaryl/α,β-unsaturated/α-hetero) is 1. The van der Waals surface area contributed by atoms with E-state index in [-0.39, 0.29) is 11.3 Å². The van der Waals surface area contributed by atoms with Gasteiger partial charge < -0.3 is 14.4 Å². The quantitative estimate of drug-likeness (QED) is 0.584. The van der Waals surface area contributed by atoms with Gasteiger partial charge in [-0.05, 0) is 43.2 Å². The van der Waals surface area contributed by atoms with Crippen LogP contribution in [0, 0.1) is 5.82 Å². The summed E-state index contributed by atoms with van der Waals surface area (Å²) in [5.74, 6) is -1.15. The zero-order valence-corrected chi connectivity index (χ0v) is 14.4. The van der Waals surface area contributed by atoms with Crippen LogP contribution in [0.2, 0.25) is 0 Å². The monoisotopic (exact) mass is 358 g/mol. The SMILES string of the molecule is COc1ccc(C(=O)COC(=O)c2cccnc2N2CCCC2)cc1F. The average Bonchev–Trinajstić information content (AvgIpc) is 3.20. The number of rotatable bonds is 6. The molecule has 0 N–H and O–H groups in total. The largest absolute Gasteiger partial charge is 0.494 e. The van der Waals surface area contributed by atoms with Crippen molar-refractivity contribution < 1.29 is 23.5 Å². The van der Waals surface area contributed by atoms with Crippen molar-refractivity contribution in [3.63, 3.8) is 0 Å². The number of anilines is 1. The van der Waals surface area contributed by atoms with Gasteiger partial charge in [0.2, 0.25) is 0 Å². The van der Waals surface area contributed by atoms with Crippen molar-refractivity contribution in [1.29, 1.82) is 0 Å². The third kappa shape index (κ3) is 3.82. The van der Waals surface area contributed by atoms with Crippen LogP contribution in [0.4, 0.5) is 10.2 Å². The van der Waals surface area contributed by atoms with E-state index in [1.165, 1.54) is 19.2 Å². The van der Waals surface area contributed by atoms with Crippen LogP contribution in [0.25, 0.3) is 0 Å². The standard InChI is InChI=1S/C19H19FN2O4/c1-25-17-7-6-13(11-15(17)20)16(23)12-26-19(24)14-5-4-8-21-18(14)22-9-2-3-10-22/h4-8,11H,2-3,9-10,12H2,1H3. The highest BCUT2D eigenvalue weighted by Crippen LogP contribution is 2.23. The van der Waals surface area contributed by atoms with Crippen LogP contribution in [0.5, 0.6) is 5.75 Å². The lowest BCUT2D eigenvalue weighted by Gasteiger charge is -2.18. The van der Waals surface area contributed by atoms with E-state index >= 15 is 0 Å². The van der Waals surface area contributed by atoms with Crippen LogP contribution in [0.1, 0.15) is 33.6 Å². The molecule has 2 aromatic rings. The molecule has 1 saturated heterocycles. The summed E-state index contributed by atoms with van der Waals surface area (Å²) >= 11 is 0. The van der Waals surface area contributed by atoms with Crippen molar-refractivity contribution in [2.45, 2.75) is 12.8 Å². The summed E-state index contributed by atoms with van der Waals surface area (Å²) in [6.07, 6.45) is 3.72. The van der Waals surface area contributed by atoms with Gasteiger partial charge in [0.25, 0.3) is 0 Å². The van der Waals surface area contributed by atoms with E-state index in [0.717, 1.165) is 32.0 Å². The van der Waals surface area contributed by atoms with Gasteiger partial charge in [0, 0.05) is 24.8 Å². The Kier molecular flexibility index (Phi) is 5.46. The fraction of sp³-hybridized carbons (Fsp3) is 0.316. The number of hydrogen-bond donors (Lipinski definition) is 0. The van der Waals surface area contributed by atoms with Gasteiger partial charge >= 0.3 is 5.97 Å². The van der Waals surface area contributed by atoms with Crippen LogP contribution in [0.3, 0.4) is 0 Å². The van der Waals surface area contributed by atoms with Gasteiger partial charge in [0.1, 0.15) is 11.4 Å². The maximum absolute atomic E-state index is 13.7. The number of nitrogens with zero attached hydrogens (tertiary/aromatic N) is 2. The molecule has 3 rings (SSSR count). The molecule has 0 amide bonds. The van der Waals surface area contributed by atoms with Crippen molar-refractivity contribution in [2.24, 2.45) is 0 Å². The second-order valence-electron chi connectivity index (χ2n) is 5.92. The molecule has 6 nitrogen and oxygen atoms in total. The molecule has 0 saturated carbocycles. The van der Waals surface area contributed by atoms with Crippen LogP contribution in [0.15, 0.2) is 36.5 Å². The van der Waals surface area contributed by atoms with Gasteiger partial charge in [-0.25, -0.2) is 14.2 Å². The highest BCUT2D eigenvalue weighted by molar-refractivity contribution is 6.00. The van der Waals surface area contributed by atoms with E-state index in [1.807, 2.05) is 4.90 Å². The predicted molar refractivity (Wildman–Crippen MR) is 93.2 cm³/mol. The number of hydrogen-bond acceptors (Lipinski definition) is 6. The topological polar surface area (TPSA) is 68.7 Å². The second-order valence-corrected chi connectivity index (χ2v) is 5.92. The summed E-state index contributed by atoms with van der Waals surface area (Å²) < 4.78 is 23.6. The minimum absolute atomic E-state index is 0.0455. The minimum Gasteiger partial charge on any atom is -0.494 e. The van der Waals surface area contributed by atoms with Crippen LogP contribution < -0.4 is 9.64 Å². The summed E-state index contributed by atoms with van der Waals surface area (Å²) in [5.41, 5.74) is 0.435. The normalized spacial score (nSPS) is 13.5. The lowest BCUT2D eigenvalue weighted by atomic mass is 10.1. The number of pyridine rings is 1. The Labute approximate surface area is 150 Å². The number of benzene rings is 1. The van der Waals surface area contributed by atoms with E-state index in [9.17, 15) is 14.0 Å². The summed E-state index contributed by atoms with van der Waals surface area (Å²) in [4.78, 5) is 30.9. The molecule has 1 aliphatic rings. The van der Waals surface area contributed by atoms with Crippen molar-refractivity contribution in [3.8, 4) is 5.75 Å². The van der Waals surface area contributed by atoms with Gasteiger partial charge in [-0.2, -0.15) is 0 Å². The van der Waals surface area contributed by atoms with Gasteiger partial charge in [-0.15, -0.1) is 0 Å². The number of ether oxygens (including phenoxy) is 2. The van der Waals surface area contributed by atoms with Gasteiger partial charge in [0.15, 0.2) is 24.0 Å². The first-order valence-corrected chi connectivity index (χ1v) is 8.34. The van der Waals surface area contributed by atoms with E-state index in [2.05, 4.69) is 4.98 Å². The Morgan fingerprint density at radius 2 is 2.00 bits per heavy atom. The molecule has 0 unspecified atom stereocenters. The van der Waals surface area contributed by atoms with Gasteiger partial charge in [-0.1, -0.05) is 0 Å². The average molecular weight is 358 g/mol. The molecule has 1 aromatic carbocycles. The third-order valence-corrected chi connectivity index (χ3v) is 4.22. The highest BCUT2D eigenvalue weighted by Gasteiger charge is 2.22. The Bertz CT molecular complexity index is 819. The number of aromatic nitrogens is 1. The molecule has 0 atom stereocenters. The molecule has 2 heterocycles. The molecule has 1 fully saturated rings. The van der Waals surface area contributed by atoms with Crippen molar-refractivity contribution >= 4 is 17.6 Å². The van der Waals surface area contributed by atoms with Crippen molar-refractivity contribution in [3.05, 3.63) is 53.5 Å². The number of methoxy groups -OCH3 is 1. The number of carbonyl (C=O) groups is 2. The molecule has 1 aromatic heterocycles. The first-order valence-electron chi connectivity index (χ1n) is 8.34. The number of carbonyl (C=O) groups excluding carboxylic acids is 2. The molecule has 0 aliphatic carbocycles. The van der Waals surface area contributed by atoms with E-state index in [1.54, 1.807) is 18.3 Å². The van der Waals surface area contributed by atoms with Crippen molar-refractivity contribution in [1.82, 2.24) is 4.98 Å². The smallest absolute Gasteiger partial charge is 0.342 e. The van der Waals surface area contributed by atoms with Gasteiger partial charge in [-0.3, -0.25) is 4.79 Å². The summed E-state index contributed by atoms with van der Waals surface area (Å²) in [6, 6.07) is 7.13. The fourth-order valence-electron chi connectivity index (χ4n) is 2.87. The maximum Gasteiger partial charge on any atom is 0.342 e. The lowest BCUT2D eigenvalue weighted by molar-refractivity contribution is 0.0475. The molecular formula is C19H19FN2O4. The Morgan fingerprint density at radius 1 is 1.23 bits per heavy atom. The van der Waals surface area contributed by atoms with Crippen LogP contribution in [-0.2, 0) is 4.74 Å². The zero-order chi connectivity index (χ0) is 18.5. The molecule has 136 valence electrons. The molecule has 0 spiro atoms. The first-order chi connectivity index (χ1) is 12.6. The molecular weight excluding hydrogens is 339 g/mol. The zero-order valence-electron chi connectivity index (χ0n) is 14.4. The van der Waals surface area contributed by atoms with E-state index in [0.29, 0.717) is 11.4 Å². The van der Waals surface area contributed by atoms with E-state index < -0.39 is 24.2 Å². The molecule has 0 radical (unpaired) electrons. The Morgan fingerprint density at radius 3 is 2.69 bits per heavy atom. The maximum atomic E-state index is 13.7. The van der Waals surface area contributed by atoms with E-state index in [4.69, 9.17) is 9.47 Å². The first kappa shape index (κ1) is 17.8. The number of esters is 1. The fourth-order valence-corrected chi connectivity index (χ4v) is 2.87. The molecule has 1 aliphatic heterocycles. The molecule has 7 heteroatoms. The summed E-state index contributed by atoms with van der Waals surface area (Å²) in [6.45, 7) is 1.20. The lowest BCUT2D eigenvalue weighted by Crippen LogP contribution is -2.23. The Hall–Kier alpha value is -2.96. The summed E-state index contributed by atoms with van der Waals surface area (Å²) in [5, 5.41) is 0. The number of ketones is 1. The van der Waals surface area contributed by atoms with Crippen LogP contribution >= 0.6 is 0 Å². The second kappa shape index (κ2) is 7.95. The minimum atomic E-state index is -0.645. The van der Waals surface area contributed by atoms with Crippen molar-refractivity contribution in [2.75, 3.05) is 31.7 Å². The van der Waals surface area contributed by atoms with Gasteiger partial charge in [0.05, 0.1) is 7.11 Å². The van der Waals surface area contributed by atoms with Crippen LogP contribution in [-0.4, -0.2) is 43.5 Å². The molecule has 26 heavy (non-hydrogen) atoms. The Balaban J connectivity index is 1.67. The predicted octanol–water partition coefficient (Wildman–Crippen LogP) is 2.87. The highest BCUT2D eigenvalue weighted by atomic mass is 19.1. The summed E-state index contributed by atoms with van der Waals surface area (Å²) in [7, 11) is 1.34. The number of halogens is 1. The molecule has 0 bridgehead atoms.